The van der Waals surface area contributed by atoms with Gasteiger partial charge in [-0.25, -0.2) is 18.4 Å². The molecule has 6 heterocycles. The van der Waals surface area contributed by atoms with Crippen LogP contribution in [0.5, 0.6) is 11.5 Å². The second kappa shape index (κ2) is 10.4. The molecule has 2 aromatic heterocycles. The average Bonchev–Trinajstić information content (AvgIpc) is 3.26. The molecule has 1 unspecified atom stereocenters. The summed E-state index contributed by atoms with van der Waals surface area (Å²) in [6.45, 7) is 4.20. The summed E-state index contributed by atoms with van der Waals surface area (Å²) in [7, 11) is -4.09. The molecule has 1 aliphatic carbocycles. The number of piperidine rings is 1. The zero-order chi connectivity index (χ0) is 33.0. The van der Waals surface area contributed by atoms with E-state index in [9.17, 15) is 13.2 Å². The van der Waals surface area contributed by atoms with Crippen LogP contribution in [0.1, 0.15) is 50.0 Å². The van der Waals surface area contributed by atoms with Crippen LogP contribution in [0.3, 0.4) is 0 Å². The highest BCUT2D eigenvalue weighted by Crippen LogP contribution is 2.65. The molecule has 3 saturated heterocycles. The van der Waals surface area contributed by atoms with Crippen molar-refractivity contribution in [1.82, 2.24) is 19.3 Å². The van der Waals surface area contributed by atoms with Crippen molar-refractivity contribution in [2.24, 2.45) is 5.41 Å². The predicted molar refractivity (Wildman–Crippen MR) is 174 cm³/mol. The number of carbonyl (C=O) groups is 1. The van der Waals surface area contributed by atoms with Crippen molar-refractivity contribution >= 4 is 50.1 Å². The number of pyridine rings is 1. The molecule has 0 radical (unpaired) electrons. The van der Waals surface area contributed by atoms with Crippen molar-refractivity contribution in [3.63, 3.8) is 0 Å². The van der Waals surface area contributed by atoms with E-state index in [-0.39, 0.29) is 28.6 Å². The molecule has 1 amide bonds. The van der Waals surface area contributed by atoms with Gasteiger partial charge >= 0.3 is 10.2 Å². The van der Waals surface area contributed by atoms with Gasteiger partial charge in [0.05, 0.1) is 34.6 Å². The van der Waals surface area contributed by atoms with Gasteiger partial charge in [-0.3, -0.25) is 9.78 Å². The molecule has 12 nitrogen and oxygen atoms in total. The first kappa shape index (κ1) is 30.0. The Morgan fingerprint density at radius 1 is 1.15 bits per heavy atom. The Morgan fingerprint density at radius 2 is 1.96 bits per heavy atom. The lowest BCUT2D eigenvalue weighted by atomic mass is 9.90. The maximum Gasteiger partial charge on any atom is 0.326 e. The molecule has 4 aliphatic heterocycles. The molecule has 1 N–H and O–H groups in total. The van der Waals surface area contributed by atoms with Crippen LogP contribution in [0.2, 0.25) is 5.02 Å². The van der Waals surface area contributed by atoms with Gasteiger partial charge in [-0.1, -0.05) is 17.7 Å². The highest BCUT2D eigenvalue weighted by molar-refractivity contribution is 7.92. The summed E-state index contributed by atoms with van der Waals surface area (Å²) in [5, 5.41) is 0.536. The number of imidazole rings is 1. The van der Waals surface area contributed by atoms with Gasteiger partial charge < -0.3 is 23.7 Å². The molecule has 4 aromatic rings. The number of nitrogens with one attached hydrogen (secondary N) is 1. The smallest absolute Gasteiger partial charge is 0.326 e. The maximum atomic E-state index is 15.6. The first-order chi connectivity index (χ1) is 23.0. The van der Waals surface area contributed by atoms with Gasteiger partial charge in [0.2, 0.25) is 0 Å². The van der Waals surface area contributed by atoms with Crippen molar-refractivity contribution in [2.45, 2.75) is 57.0 Å². The molecule has 2 aromatic carbocycles. The van der Waals surface area contributed by atoms with Crippen LogP contribution in [0.4, 0.5) is 15.8 Å². The number of halogens is 2. The number of para-hydroxylation sites is 1. The van der Waals surface area contributed by atoms with E-state index >= 15 is 4.39 Å². The molecular weight excluding hydrogens is 663 g/mol. The quantitative estimate of drug-likeness (QED) is 0.308. The number of carbonyl (C=O) groups excluding carboxylic acids is 1. The lowest BCUT2D eigenvalue weighted by Crippen LogP contribution is -2.36. The second-order valence-electron chi connectivity index (χ2n) is 13.4. The summed E-state index contributed by atoms with van der Waals surface area (Å²) in [6.07, 6.45) is 5.18. The highest BCUT2D eigenvalue weighted by Gasteiger charge is 2.58. The van der Waals surface area contributed by atoms with E-state index in [0.29, 0.717) is 40.9 Å². The van der Waals surface area contributed by atoms with Crippen LogP contribution in [0.25, 0.3) is 11.0 Å². The van der Waals surface area contributed by atoms with E-state index in [2.05, 4.69) is 9.88 Å². The van der Waals surface area contributed by atoms with Gasteiger partial charge in [-0.2, -0.15) is 8.42 Å². The van der Waals surface area contributed by atoms with Crippen molar-refractivity contribution in [3.05, 3.63) is 71.0 Å². The van der Waals surface area contributed by atoms with Crippen LogP contribution < -0.4 is 23.4 Å². The molecule has 48 heavy (non-hydrogen) atoms. The third-order valence-corrected chi connectivity index (χ3v) is 12.1. The minimum atomic E-state index is -4.09. The van der Waals surface area contributed by atoms with Crippen LogP contribution in [0.15, 0.2) is 48.7 Å². The van der Waals surface area contributed by atoms with E-state index < -0.39 is 34.3 Å². The van der Waals surface area contributed by atoms with Gasteiger partial charge in [0, 0.05) is 44.8 Å². The molecule has 9 rings (SSSR count). The summed E-state index contributed by atoms with van der Waals surface area (Å²) in [5.74, 6) is -0.105. The standard InChI is InChI=1S/C33H32ClFN6O6S/c1-32(27-6-5-19(34)16-36-27)46-26-4-2-3-24(30(26)47-32)39-10-8-33(9-11-39)15-22(33)31-37-29-23(35)13-20(41-18-28(42)38-48(41,43)44)14-25(29)40(31)17-21-7-12-45-21/h2-6,13-14,16,21-22H,7-12,15,17-18H2,1H3,(H,38,42)/t21-,22-,32?/m0/s1. The number of hydrogen-bond acceptors (Lipinski definition) is 9. The van der Waals surface area contributed by atoms with Crippen molar-refractivity contribution in [2.75, 3.05) is 35.4 Å². The van der Waals surface area contributed by atoms with Gasteiger partial charge in [0.1, 0.15) is 23.6 Å². The molecule has 1 spiro atoms. The fraction of sp³-hybridized carbons (Fsp3) is 0.424. The van der Waals surface area contributed by atoms with Crippen LogP contribution >= 0.6 is 11.6 Å². The lowest BCUT2D eigenvalue weighted by molar-refractivity contribution is -0.117. The Kier molecular flexibility index (Phi) is 6.51. The summed E-state index contributed by atoms with van der Waals surface area (Å²) >= 11 is 6.06. The first-order valence-corrected chi connectivity index (χ1v) is 17.9. The fourth-order valence-corrected chi connectivity index (χ4v) is 8.91. The number of rotatable bonds is 6. The Bertz CT molecular complexity index is 2100. The summed E-state index contributed by atoms with van der Waals surface area (Å²) in [6, 6.07) is 12.2. The Morgan fingerprint density at radius 3 is 2.65 bits per heavy atom. The molecular formula is C33H32ClFN6O6S. The molecule has 1 saturated carbocycles. The summed E-state index contributed by atoms with van der Waals surface area (Å²) in [5.41, 5.74) is 2.38. The monoisotopic (exact) mass is 694 g/mol. The van der Waals surface area contributed by atoms with Crippen molar-refractivity contribution < 1.29 is 31.8 Å². The maximum absolute atomic E-state index is 15.6. The topological polar surface area (TPSA) is 128 Å². The lowest BCUT2D eigenvalue weighted by Gasteiger charge is -2.35. The molecule has 3 atom stereocenters. The van der Waals surface area contributed by atoms with E-state index in [1.54, 1.807) is 24.4 Å². The largest absolute Gasteiger partial charge is 0.443 e. The fourth-order valence-electron chi connectivity index (χ4n) is 7.67. The molecule has 4 fully saturated rings. The molecule has 5 aliphatic rings. The van der Waals surface area contributed by atoms with E-state index in [1.165, 1.54) is 0 Å². The van der Waals surface area contributed by atoms with Crippen molar-refractivity contribution in [3.8, 4) is 11.5 Å². The third kappa shape index (κ3) is 4.71. The van der Waals surface area contributed by atoms with Gasteiger partial charge in [-0.15, -0.1) is 0 Å². The zero-order valence-corrected chi connectivity index (χ0v) is 27.6. The summed E-state index contributed by atoms with van der Waals surface area (Å²) < 4.78 is 64.1. The van der Waals surface area contributed by atoms with Crippen molar-refractivity contribution in [1.29, 1.82) is 0 Å². The number of ether oxygens (including phenoxy) is 3. The number of hydrogen-bond donors (Lipinski definition) is 1. The third-order valence-electron chi connectivity index (χ3n) is 10.5. The number of nitrogens with zero attached hydrogens (tertiary/aromatic N) is 5. The minimum Gasteiger partial charge on any atom is -0.443 e. The second-order valence-corrected chi connectivity index (χ2v) is 15.4. The van der Waals surface area contributed by atoms with E-state index in [0.717, 1.165) is 60.7 Å². The average molecular weight is 695 g/mol. The number of anilines is 2. The van der Waals surface area contributed by atoms with Gasteiger partial charge in [-0.05, 0) is 61.4 Å². The minimum absolute atomic E-state index is 0.0150. The SMILES string of the molecule is CC1(c2ccc(Cl)cn2)Oc2cccc(N3CCC4(CC3)C[C@H]4c3nc4c(F)cc(N5CC(=O)NS5(=O)=O)cc4n3C[C@@H]3CCO3)c2O1. The number of benzene rings is 2. The van der Waals surface area contributed by atoms with Crippen LogP contribution in [-0.2, 0) is 32.1 Å². The molecule has 0 bridgehead atoms. The van der Waals surface area contributed by atoms with Gasteiger partial charge in [0.15, 0.2) is 17.3 Å². The zero-order valence-electron chi connectivity index (χ0n) is 26.0. The number of aromatic nitrogens is 3. The van der Waals surface area contributed by atoms with Crippen LogP contribution in [0, 0.1) is 11.2 Å². The summed E-state index contributed by atoms with van der Waals surface area (Å²) in [4.78, 5) is 23.5. The van der Waals surface area contributed by atoms with E-state index in [4.69, 9.17) is 30.8 Å². The normalized spacial score (nSPS) is 26.6. The molecule has 250 valence electrons. The van der Waals surface area contributed by atoms with Gasteiger partial charge in [0.25, 0.3) is 11.7 Å². The highest BCUT2D eigenvalue weighted by atomic mass is 35.5. The number of amides is 1. The first-order valence-electron chi connectivity index (χ1n) is 16.0. The Labute approximate surface area is 280 Å². The molecule has 15 heteroatoms. The number of fused-ring (bicyclic) bond motifs is 2. The van der Waals surface area contributed by atoms with Crippen LogP contribution in [-0.4, -0.2) is 61.2 Å². The van der Waals surface area contributed by atoms with E-state index in [1.807, 2.05) is 34.4 Å². The Hall–Kier alpha value is -4.14. The Balaban J connectivity index is 0.981. The predicted octanol–water partition coefficient (Wildman–Crippen LogP) is 4.61.